The predicted molar refractivity (Wildman–Crippen MR) is 108 cm³/mol. The van der Waals surface area contributed by atoms with Gasteiger partial charge < -0.3 is 4.98 Å². The van der Waals surface area contributed by atoms with E-state index < -0.39 is 0 Å². The maximum Gasteiger partial charge on any atom is 0.162 e. The number of thiophene rings is 1. The molecule has 0 spiro atoms. The molecule has 0 aromatic carbocycles. The molecule has 0 aliphatic heterocycles. The highest BCUT2D eigenvalue weighted by atomic mass is 32.1. The summed E-state index contributed by atoms with van der Waals surface area (Å²) < 4.78 is 0. The first-order chi connectivity index (χ1) is 13.9. The predicted octanol–water partition coefficient (Wildman–Crippen LogP) is 4.01. The molecule has 9 heteroatoms. The first kappa shape index (κ1) is 15.2. The molecular weight excluding hydrogens is 372 g/mol. The number of imidazole rings is 1. The number of nitrogens with zero attached hydrogens (tertiary/aromatic N) is 5. The minimum absolute atomic E-state index is 0.633. The van der Waals surface area contributed by atoms with Crippen LogP contribution in [0.2, 0.25) is 0 Å². The number of H-pyrrole nitrogens is 3. The normalized spacial score (nSPS) is 11.6. The summed E-state index contributed by atoms with van der Waals surface area (Å²) in [6, 6.07) is 7.95. The fourth-order valence-corrected chi connectivity index (χ4v) is 3.95. The molecule has 0 amide bonds. The first-order valence-electron chi connectivity index (χ1n) is 8.59. The number of hydrogen-bond donors (Lipinski definition) is 3. The Hall–Kier alpha value is -3.85. The van der Waals surface area contributed by atoms with Gasteiger partial charge in [0.1, 0.15) is 11.0 Å². The van der Waals surface area contributed by atoms with Crippen molar-refractivity contribution < 1.29 is 0 Å². The van der Waals surface area contributed by atoms with Crippen molar-refractivity contribution >= 4 is 33.5 Å². The minimum atomic E-state index is 0.633. The van der Waals surface area contributed by atoms with Crippen LogP contribution >= 0.6 is 11.3 Å². The number of hydrogen-bond acceptors (Lipinski definition) is 6. The fraction of sp³-hybridized carbons (Fsp3) is 0. The van der Waals surface area contributed by atoms with Crippen molar-refractivity contribution in [2.24, 2.45) is 0 Å². The van der Waals surface area contributed by atoms with Crippen LogP contribution in [0.5, 0.6) is 0 Å². The lowest BCUT2D eigenvalue weighted by Crippen LogP contribution is -1.86. The van der Waals surface area contributed by atoms with Crippen molar-refractivity contribution in [2.75, 3.05) is 0 Å². The number of nitrogens with one attached hydrogen (secondary N) is 3. The Morgan fingerprint density at radius 1 is 0.964 bits per heavy atom. The number of fused-ring (bicyclic) bond motifs is 2. The van der Waals surface area contributed by atoms with Gasteiger partial charge in [-0.1, -0.05) is 0 Å². The Balaban J connectivity index is 1.55. The van der Waals surface area contributed by atoms with Crippen molar-refractivity contribution in [3.8, 4) is 33.9 Å². The van der Waals surface area contributed by atoms with Gasteiger partial charge in [-0.3, -0.25) is 10.2 Å². The summed E-state index contributed by atoms with van der Waals surface area (Å²) in [7, 11) is 0. The summed E-state index contributed by atoms with van der Waals surface area (Å²) in [5, 5.41) is 18.4. The van der Waals surface area contributed by atoms with Gasteiger partial charge in [-0.15, -0.1) is 0 Å². The molecule has 0 unspecified atom stereocenters. The third-order valence-electron chi connectivity index (χ3n) is 4.64. The molecular formula is C19H12N8S. The highest BCUT2D eigenvalue weighted by Gasteiger charge is 2.17. The molecule has 8 nitrogen and oxygen atoms in total. The number of rotatable bonds is 3. The maximum atomic E-state index is 4.80. The van der Waals surface area contributed by atoms with Crippen LogP contribution in [0.15, 0.2) is 53.6 Å². The summed E-state index contributed by atoms with van der Waals surface area (Å²) >= 11 is 1.66. The first-order valence-corrected chi connectivity index (χ1v) is 9.53. The SMILES string of the molecule is c1cc(-c2ccsc2)c2nc(-c3n[nH]c4ccc(-c5cn[nH]c5)nc34)[nH]c2n1. The molecule has 0 bridgehead atoms. The van der Waals surface area contributed by atoms with E-state index in [2.05, 4.69) is 47.2 Å². The second kappa shape index (κ2) is 5.83. The third-order valence-corrected chi connectivity index (χ3v) is 5.33. The molecule has 0 radical (unpaired) electrons. The molecule has 6 rings (SSSR count). The Bertz CT molecular complexity index is 1410. The Morgan fingerprint density at radius 2 is 1.96 bits per heavy atom. The van der Waals surface area contributed by atoms with Crippen LogP contribution in [0.4, 0.5) is 0 Å². The number of aromatic amines is 3. The monoisotopic (exact) mass is 384 g/mol. The van der Waals surface area contributed by atoms with Gasteiger partial charge in [-0.2, -0.15) is 21.5 Å². The molecule has 0 saturated heterocycles. The zero-order valence-electron chi connectivity index (χ0n) is 14.3. The molecule has 0 fully saturated rings. The molecule has 0 saturated carbocycles. The van der Waals surface area contributed by atoms with Crippen molar-refractivity contribution in [3.05, 3.63) is 53.6 Å². The van der Waals surface area contributed by atoms with Crippen LogP contribution in [0.3, 0.4) is 0 Å². The van der Waals surface area contributed by atoms with Crippen LogP contribution in [0.25, 0.3) is 56.1 Å². The molecule has 0 aliphatic carbocycles. The summed E-state index contributed by atoms with van der Waals surface area (Å²) in [5.74, 6) is 0.633. The summed E-state index contributed by atoms with van der Waals surface area (Å²) in [5.41, 5.74) is 7.69. The lowest BCUT2D eigenvalue weighted by atomic mass is 10.1. The second-order valence-electron chi connectivity index (χ2n) is 6.31. The molecule has 6 aromatic rings. The van der Waals surface area contributed by atoms with E-state index in [1.807, 2.05) is 24.4 Å². The average molecular weight is 384 g/mol. The fourth-order valence-electron chi connectivity index (χ4n) is 3.29. The quantitative estimate of drug-likeness (QED) is 0.427. The zero-order chi connectivity index (χ0) is 18.5. The highest BCUT2D eigenvalue weighted by molar-refractivity contribution is 7.08. The summed E-state index contributed by atoms with van der Waals surface area (Å²) in [6.45, 7) is 0. The Labute approximate surface area is 161 Å². The van der Waals surface area contributed by atoms with E-state index in [1.165, 1.54) is 0 Å². The van der Waals surface area contributed by atoms with Crippen molar-refractivity contribution in [2.45, 2.75) is 0 Å². The third kappa shape index (κ3) is 2.26. The van der Waals surface area contributed by atoms with E-state index in [-0.39, 0.29) is 0 Å². The molecule has 0 aliphatic rings. The van der Waals surface area contributed by atoms with Gasteiger partial charge in [-0.05, 0) is 40.6 Å². The van der Waals surface area contributed by atoms with Crippen LogP contribution in [0.1, 0.15) is 0 Å². The molecule has 3 N–H and O–H groups in total. The zero-order valence-corrected chi connectivity index (χ0v) is 15.2. The van der Waals surface area contributed by atoms with Gasteiger partial charge in [0, 0.05) is 23.5 Å². The van der Waals surface area contributed by atoms with E-state index in [0.29, 0.717) is 11.5 Å². The van der Waals surface area contributed by atoms with E-state index in [9.17, 15) is 0 Å². The maximum absolute atomic E-state index is 4.80. The van der Waals surface area contributed by atoms with Gasteiger partial charge >= 0.3 is 0 Å². The van der Waals surface area contributed by atoms with Gasteiger partial charge in [0.25, 0.3) is 0 Å². The number of pyridine rings is 2. The van der Waals surface area contributed by atoms with Crippen LogP contribution in [-0.4, -0.2) is 40.3 Å². The van der Waals surface area contributed by atoms with Crippen LogP contribution < -0.4 is 0 Å². The van der Waals surface area contributed by atoms with Crippen molar-refractivity contribution in [1.29, 1.82) is 0 Å². The van der Waals surface area contributed by atoms with Crippen LogP contribution in [-0.2, 0) is 0 Å². The summed E-state index contributed by atoms with van der Waals surface area (Å²) in [4.78, 5) is 17.3. The summed E-state index contributed by atoms with van der Waals surface area (Å²) in [6.07, 6.45) is 5.34. The lowest BCUT2D eigenvalue weighted by molar-refractivity contribution is 1.09. The van der Waals surface area contributed by atoms with Crippen LogP contribution in [0, 0.1) is 0 Å². The Kier molecular flexibility index (Phi) is 3.17. The molecule has 6 aromatic heterocycles. The van der Waals surface area contributed by atoms with Crippen molar-refractivity contribution in [1.82, 2.24) is 40.3 Å². The second-order valence-corrected chi connectivity index (χ2v) is 7.09. The smallest absolute Gasteiger partial charge is 0.162 e. The van der Waals surface area contributed by atoms with E-state index >= 15 is 0 Å². The minimum Gasteiger partial charge on any atom is -0.321 e. The van der Waals surface area contributed by atoms with Gasteiger partial charge in [0.15, 0.2) is 17.2 Å². The Morgan fingerprint density at radius 3 is 2.82 bits per heavy atom. The lowest BCUT2D eigenvalue weighted by Gasteiger charge is -1.97. The number of aromatic nitrogens is 8. The molecule has 28 heavy (non-hydrogen) atoms. The molecule has 134 valence electrons. The van der Waals surface area contributed by atoms with Gasteiger partial charge in [0.2, 0.25) is 0 Å². The van der Waals surface area contributed by atoms with Gasteiger partial charge in [-0.25, -0.2) is 15.0 Å². The largest absolute Gasteiger partial charge is 0.321 e. The highest BCUT2D eigenvalue weighted by Crippen LogP contribution is 2.31. The molecule has 6 heterocycles. The topological polar surface area (TPSA) is 112 Å². The van der Waals surface area contributed by atoms with Crippen molar-refractivity contribution in [3.63, 3.8) is 0 Å². The van der Waals surface area contributed by atoms with E-state index in [1.54, 1.807) is 23.7 Å². The van der Waals surface area contributed by atoms with E-state index in [0.717, 1.165) is 44.6 Å². The average Bonchev–Trinajstić information content (AvgIpc) is 3.53. The standard InChI is InChI=1S/C19H12N8S/c1-2-14-16(23-13(1)11-7-21-22-8-11)17(27-26-14)19-24-15-12(10-4-6-28-9-10)3-5-20-18(15)25-19/h1-9H,(H,21,22)(H,26,27)(H,20,24,25). The van der Waals surface area contributed by atoms with Gasteiger partial charge in [0.05, 0.1) is 17.4 Å². The van der Waals surface area contributed by atoms with E-state index in [4.69, 9.17) is 9.97 Å². The molecule has 0 atom stereocenters.